The Labute approximate surface area is 146 Å². The van der Waals surface area contributed by atoms with Crippen molar-refractivity contribution in [3.63, 3.8) is 0 Å². The molecule has 2 aromatic rings. The van der Waals surface area contributed by atoms with Crippen molar-refractivity contribution in [2.45, 2.75) is 17.9 Å². The Bertz CT molecular complexity index is 819. The third-order valence-corrected chi connectivity index (χ3v) is 5.80. The van der Waals surface area contributed by atoms with Crippen molar-refractivity contribution in [2.24, 2.45) is 0 Å². The van der Waals surface area contributed by atoms with Gasteiger partial charge in [0, 0.05) is 10.7 Å². The van der Waals surface area contributed by atoms with E-state index in [1.807, 2.05) is 0 Å². The number of benzene rings is 2. The lowest BCUT2D eigenvalue weighted by Gasteiger charge is -2.14. The van der Waals surface area contributed by atoms with Gasteiger partial charge in [0.05, 0.1) is 12.9 Å². The monoisotopic (exact) mass is 367 g/mol. The predicted octanol–water partition coefficient (Wildman–Crippen LogP) is 3.29. The molecule has 0 unspecified atom stereocenters. The summed E-state index contributed by atoms with van der Waals surface area (Å²) in [4.78, 5) is 12.2. The van der Waals surface area contributed by atoms with Gasteiger partial charge in [-0.2, -0.15) is 0 Å². The third kappa shape index (κ3) is 4.72. The van der Waals surface area contributed by atoms with E-state index < -0.39 is 21.0 Å². The van der Waals surface area contributed by atoms with Gasteiger partial charge in [-0.3, -0.25) is 4.79 Å². The molecule has 24 heavy (non-hydrogen) atoms. The number of carbonyl (C=O) groups excluding carboxylic acids is 1. The van der Waals surface area contributed by atoms with Crippen LogP contribution < -0.4 is 10.1 Å². The van der Waals surface area contributed by atoms with Crippen LogP contribution in [0.15, 0.2) is 48.5 Å². The van der Waals surface area contributed by atoms with Gasteiger partial charge in [-0.15, -0.1) is 0 Å². The van der Waals surface area contributed by atoms with E-state index in [2.05, 4.69) is 5.32 Å². The van der Waals surface area contributed by atoms with Gasteiger partial charge in [0.25, 0.3) is 0 Å². The Balaban J connectivity index is 2.09. The predicted molar refractivity (Wildman–Crippen MR) is 95.2 cm³/mol. The van der Waals surface area contributed by atoms with E-state index in [-0.39, 0.29) is 5.75 Å². The number of hydrogen-bond acceptors (Lipinski definition) is 4. The van der Waals surface area contributed by atoms with Crippen LogP contribution in [0.25, 0.3) is 0 Å². The molecule has 0 aromatic heterocycles. The summed E-state index contributed by atoms with van der Waals surface area (Å²) in [6.07, 6.45) is 0. The maximum Gasteiger partial charge on any atom is 0.242 e. The Kier molecular flexibility index (Phi) is 5.85. The summed E-state index contributed by atoms with van der Waals surface area (Å²) >= 11 is 5.78. The van der Waals surface area contributed by atoms with Gasteiger partial charge in [-0.25, -0.2) is 8.42 Å². The van der Waals surface area contributed by atoms with Crippen LogP contribution in [0.2, 0.25) is 5.02 Å². The molecular weight excluding hydrogens is 350 g/mol. The number of hydrogen-bond donors (Lipinski definition) is 1. The minimum Gasteiger partial charge on any atom is -0.497 e. The molecule has 0 aliphatic rings. The number of ether oxygens (including phenoxy) is 1. The Hall–Kier alpha value is -2.05. The molecule has 5 nitrogen and oxygen atoms in total. The molecule has 0 saturated heterocycles. The molecule has 0 heterocycles. The van der Waals surface area contributed by atoms with E-state index >= 15 is 0 Å². The Morgan fingerprint density at radius 1 is 1.21 bits per heavy atom. The van der Waals surface area contributed by atoms with Crippen molar-refractivity contribution in [1.29, 1.82) is 0 Å². The highest BCUT2D eigenvalue weighted by Crippen LogP contribution is 2.19. The number of methoxy groups -OCH3 is 1. The second-order valence-corrected chi connectivity index (χ2v) is 8.06. The molecule has 0 radical (unpaired) electrons. The van der Waals surface area contributed by atoms with Gasteiger partial charge in [0.1, 0.15) is 11.0 Å². The minimum atomic E-state index is -3.66. The lowest BCUT2D eigenvalue weighted by atomic mass is 10.2. The third-order valence-electron chi connectivity index (χ3n) is 3.52. The lowest BCUT2D eigenvalue weighted by Crippen LogP contribution is -2.33. The molecule has 0 aliphatic heterocycles. The van der Waals surface area contributed by atoms with Crippen molar-refractivity contribution in [3.8, 4) is 5.75 Å². The quantitative estimate of drug-likeness (QED) is 0.850. The Morgan fingerprint density at radius 2 is 1.88 bits per heavy atom. The first-order chi connectivity index (χ1) is 11.3. The summed E-state index contributed by atoms with van der Waals surface area (Å²) < 4.78 is 30.0. The van der Waals surface area contributed by atoms with Crippen LogP contribution in [0.1, 0.15) is 12.5 Å². The smallest absolute Gasteiger partial charge is 0.242 e. The molecule has 2 aromatic carbocycles. The normalized spacial score (nSPS) is 12.5. The first-order valence-electron chi connectivity index (χ1n) is 7.23. The van der Waals surface area contributed by atoms with Gasteiger partial charge >= 0.3 is 0 Å². The summed E-state index contributed by atoms with van der Waals surface area (Å²) in [5, 5.41) is 1.93. The number of halogens is 1. The van der Waals surface area contributed by atoms with E-state index in [1.165, 1.54) is 14.0 Å². The molecule has 1 N–H and O–H groups in total. The van der Waals surface area contributed by atoms with Gasteiger partial charge < -0.3 is 10.1 Å². The van der Waals surface area contributed by atoms with Gasteiger partial charge in [0.15, 0.2) is 9.84 Å². The Morgan fingerprint density at radius 3 is 2.50 bits per heavy atom. The highest BCUT2D eigenvalue weighted by molar-refractivity contribution is 7.92. The molecule has 0 bridgehead atoms. The van der Waals surface area contributed by atoms with Crippen molar-refractivity contribution < 1.29 is 17.9 Å². The summed E-state index contributed by atoms with van der Waals surface area (Å²) in [6, 6.07) is 13.2. The van der Waals surface area contributed by atoms with Crippen LogP contribution in [0, 0.1) is 0 Å². The van der Waals surface area contributed by atoms with Gasteiger partial charge in [-0.05, 0) is 48.9 Å². The first-order valence-corrected chi connectivity index (χ1v) is 9.32. The van der Waals surface area contributed by atoms with E-state index in [0.29, 0.717) is 22.0 Å². The molecular formula is C17H18ClNO4S. The van der Waals surface area contributed by atoms with E-state index in [0.717, 1.165) is 0 Å². The van der Waals surface area contributed by atoms with Crippen molar-refractivity contribution in [1.82, 2.24) is 0 Å². The van der Waals surface area contributed by atoms with Crippen LogP contribution in [-0.2, 0) is 20.4 Å². The molecule has 0 fully saturated rings. The van der Waals surface area contributed by atoms with Crippen molar-refractivity contribution in [2.75, 3.05) is 12.4 Å². The standard InChI is InChI=1S/C17H18ClNO4S/c1-12(17(20)19-15-8-6-14(18)7-9-15)24(21,22)11-13-4-3-5-16(10-13)23-2/h3-10,12H,11H2,1-2H3,(H,19,20)/t12-/m1/s1. The molecule has 128 valence electrons. The van der Waals surface area contributed by atoms with Crippen LogP contribution in [0.3, 0.4) is 0 Å². The molecule has 1 atom stereocenters. The second-order valence-electron chi connectivity index (χ2n) is 5.30. The molecule has 0 aliphatic carbocycles. The summed E-state index contributed by atoms with van der Waals surface area (Å²) in [5.74, 6) is -0.249. The number of anilines is 1. The molecule has 1 amide bonds. The largest absolute Gasteiger partial charge is 0.497 e. The first kappa shape index (κ1) is 18.3. The van der Waals surface area contributed by atoms with Crippen LogP contribution in [0.4, 0.5) is 5.69 Å². The zero-order chi connectivity index (χ0) is 17.7. The van der Waals surface area contributed by atoms with E-state index in [4.69, 9.17) is 16.3 Å². The lowest BCUT2D eigenvalue weighted by molar-refractivity contribution is -0.115. The molecule has 0 saturated carbocycles. The number of amides is 1. The summed E-state index contributed by atoms with van der Waals surface area (Å²) in [7, 11) is -2.15. The fraction of sp³-hybridized carbons (Fsp3) is 0.235. The minimum absolute atomic E-state index is 0.237. The average molecular weight is 368 g/mol. The molecule has 0 spiro atoms. The fourth-order valence-electron chi connectivity index (χ4n) is 2.06. The van der Waals surface area contributed by atoms with Crippen LogP contribution in [0.5, 0.6) is 5.75 Å². The van der Waals surface area contributed by atoms with Gasteiger partial charge in [0.2, 0.25) is 5.91 Å². The SMILES string of the molecule is COc1cccc(CS(=O)(=O)[C@H](C)C(=O)Nc2ccc(Cl)cc2)c1. The van der Waals surface area contributed by atoms with Crippen LogP contribution >= 0.6 is 11.6 Å². The topological polar surface area (TPSA) is 72.5 Å². The van der Waals surface area contributed by atoms with E-state index in [1.54, 1.807) is 48.5 Å². The number of sulfone groups is 1. The van der Waals surface area contributed by atoms with E-state index in [9.17, 15) is 13.2 Å². The highest BCUT2D eigenvalue weighted by atomic mass is 35.5. The van der Waals surface area contributed by atoms with Crippen molar-refractivity contribution in [3.05, 3.63) is 59.1 Å². The molecule has 7 heteroatoms. The average Bonchev–Trinajstić information content (AvgIpc) is 2.56. The zero-order valence-electron chi connectivity index (χ0n) is 13.3. The molecule has 2 rings (SSSR count). The highest BCUT2D eigenvalue weighted by Gasteiger charge is 2.28. The number of rotatable bonds is 6. The number of nitrogens with one attached hydrogen (secondary N) is 1. The van der Waals surface area contributed by atoms with Crippen LogP contribution in [-0.4, -0.2) is 26.7 Å². The summed E-state index contributed by atoms with van der Waals surface area (Å²) in [5.41, 5.74) is 1.06. The van der Waals surface area contributed by atoms with Gasteiger partial charge in [-0.1, -0.05) is 23.7 Å². The maximum absolute atomic E-state index is 12.5. The fourth-order valence-corrected chi connectivity index (χ4v) is 3.47. The summed E-state index contributed by atoms with van der Waals surface area (Å²) in [6.45, 7) is 1.38. The maximum atomic E-state index is 12.5. The van der Waals surface area contributed by atoms with Crippen molar-refractivity contribution >= 4 is 33.0 Å². The zero-order valence-corrected chi connectivity index (χ0v) is 14.9. The number of carbonyl (C=O) groups is 1. The second kappa shape index (κ2) is 7.68.